The van der Waals surface area contributed by atoms with Gasteiger partial charge in [0.25, 0.3) is 0 Å². The van der Waals surface area contributed by atoms with Crippen LogP contribution >= 0.6 is 15.9 Å². The monoisotopic (exact) mass is 264 g/mol. The van der Waals surface area contributed by atoms with Gasteiger partial charge in [-0.1, -0.05) is 29.8 Å². The quantitative estimate of drug-likeness (QED) is 0.727. The zero-order valence-electron chi connectivity index (χ0n) is 9.38. The van der Waals surface area contributed by atoms with Crippen LogP contribution in [0.5, 0.6) is 0 Å². The molecule has 84 valence electrons. The number of hydrogen-bond acceptors (Lipinski definition) is 2. The highest BCUT2D eigenvalue weighted by atomic mass is 79.9. The molecule has 14 heavy (non-hydrogen) atoms. The SMILES string of the molecule is CC(C)C(C)OC1(CBr)CCOCC1. The molecule has 0 radical (unpaired) electrons. The molecule has 0 aromatic carbocycles. The van der Waals surface area contributed by atoms with Gasteiger partial charge in [0.15, 0.2) is 0 Å². The Bertz CT molecular complexity index is 165. The van der Waals surface area contributed by atoms with E-state index < -0.39 is 0 Å². The van der Waals surface area contributed by atoms with Gasteiger partial charge in [-0.15, -0.1) is 0 Å². The van der Waals surface area contributed by atoms with Gasteiger partial charge in [-0.2, -0.15) is 0 Å². The minimum atomic E-state index is 0.0158. The van der Waals surface area contributed by atoms with Crippen LogP contribution in [0.1, 0.15) is 33.6 Å². The highest BCUT2D eigenvalue weighted by Gasteiger charge is 2.34. The number of hydrogen-bond donors (Lipinski definition) is 0. The van der Waals surface area contributed by atoms with Crippen molar-refractivity contribution in [2.24, 2.45) is 5.92 Å². The largest absolute Gasteiger partial charge is 0.381 e. The smallest absolute Gasteiger partial charge is 0.0826 e. The predicted octanol–water partition coefficient (Wildman–Crippen LogP) is 2.99. The number of halogens is 1. The van der Waals surface area contributed by atoms with Crippen molar-refractivity contribution in [1.82, 2.24) is 0 Å². The number of rotatable bonds is 4. The van der Waals surface area contributed by atoms with E-state index in [2.05, 4.69) is 36.7 Å². The van der Waals surface area contributed by atoms with Crippen LogP contribution in [0.3, 0.4) is 0 Å². The molecule has 0 aromatic rings. The van der Waals surface area contributed by atoms with Gasteiger partial charge in [-0.3, -0.25) is 0 Å². The van der Waals surface area contributed by atoms with Crippen molar-refractivity contribution in [3.8, 4) is 0 Å². The molecule has 0 aromatic heterocycles. The molecular formula is C11H21BrO2. The first-order chi connectivity index (χ1) is 6.59. The summed E-state index contributed by atoms with van der Waals surface area (Å²) in [7, 11) is 0. The molecule has 3 heteroatoms. The van der Waals surface area contributed by atoms with Crippen molar-refractivity contribution < 1.29 is 9.47 Å². The van der Waals surface area contributed by atoms with Gasteiger partial charge in [0.1, 0.15) is 0 Å². The van der Waals surface area contributed by atoms with Gasteiger partial charge in [-0.05, 0) is 12.8 Å². The Morgan fingerprint density at radius 1 is 1.29 bits per heavy atom. The molecule has 1 atom stereocenters. The van der Waals surface area contributed by atoms with Crippen LogP contribution in [0.25, 0.3) is 0 Å². The Hall–Kier alpha value is 0.400. The molecule has 1 saturated heterocycles. The van der Waals surface area contributed by atoms with E-state index in [0.717, 1.165) is 31.4 Å². The van der Waals surface area contributed by atoms with Crippen molar-refractivity contribution >= 4 is 15.9 Å². The topological polar surface area (TPSA) is 18.5 Å². The zero-order valence-corrected chi connectivity index (χ0v) is 11.0. The van der Waals surface area contributed by atoms with Gasteiger partial charge in [0.05, 0.1) is 11.7 Å². The van der Waals surface area contributed by atoms with Crippen molar-refractivity contribution in [3.63, 3.8) is 0 Å². The number of ether oxygens (including phenoxy) is 2. The van der Waals surface area contributed by atoms with E-state index in [4.69, 9.17) is 9.47 Å². The Kier molecular flexibility index (Phi) is 4.88. The average molecular weight is 265 g/mol. The van der Waals surface area contributed by atoms with E-state index in [1.807, 2.05) is 0 Å². The second kappa shape index (κ2) is 5.47. The van der Waals surface area contributed by atoms with E-state index in [1.54, 1.807) is 0 Å². The Balaban J connectivity index is 2.51. The fraction of sp³-hybridized carbons (Fsp3) is 1.00. The fourth-order valence-electron chi connectivity index (χ4n) is 1.56. The van der Waals surface area contributed by atoms with Crippen LogP contribution in [0.2, 0.25) is 0 Å². The second-order valence-corrected chi connectivity index (χ2v) is 5.06. The minimum absolute atomic E-state index is 0.0158. The molecule has 0 spiro atoms. The molecule has 1 fully saturated rings. The van der Waals surface area contributed by atoms with Crippen LogP contribution in [0, 0.1) is 5.92 Å². The minimum Gasteiger partial charge on any atom is -0.381 e. The van der Waals surface area contributed by atoms with Crippen LogP contribution in [-0.4, -0.2) is 30.2 Å². The molecular weight excluding hydrogens is 244 g/mol. The average Bonchev–Trinajstić information content (AvgIpc) is 2.19. The van der Waals surface area contributed by atoms with Gasteiger partial charge in [0, 0.05) is 31.4 Å². The Morgan fingerprint density at radius 2 is 1.86 bits per heavy atom. The molecule has 2 nitrogen and oxygen atoms in total. The maximum atomic E-state index is 6.16. The summed E-state index contributed by atoms with van der Waals surface area (Å²) in [6.07, 6.45) is 2.34. The van der Waals surface area contributed by atoms with Gasteiger partial charge >= 0.3 is 0 Å². The third-order valence-electron chi connectivity index (χ3n) is 3.02. The highest BCUT2D eigenvalue weighted by Crippen LogP contribution is 2.30. The first kappa shape index (κ1) is 12.5. The summed E-state index contributed by atoms with van der Waals surface area (Å²) in [5, 5.41) is 0.917. The summed E-state index contributed by atoms with van der Waals surface area (Å²) in [5.74, 6) is 0.578. The van der Waals surface area contributed by atoms with E-state index >= 15 is 0 Å². The Labute approximate surface area is 95.5 Å². The van der Waals surface area contributed by atoms with Crippen molar-refractivity contribution in [2.45, 2.75) is 45.3 Å². The van der Waals surface area contributed by atoms with Crippen LogP contribution in [0.15, 0.2) is 0 Å². The summed E-state index contributed by atoms with van der Waals surface area (Å²) in [6, 6.07) is 0. The van der Waals surface area contributed by atoms with Crippen LogP contribution in [-0.2, 0) is 9.47 Å². The third kappa shape index (κ3) is 3.21. The lowest BCUT2D eigenvalue weighted by Crippen LogP contribution is -2.44. The van der Waals surface area contributed by atoms with Crippen LogP contribution < -0.4 is 0 Å². The first-order valence-corrected chi connectivity index (χ1v) is 6.53. The molecule has 1 aliphatic heterocycles. The molecule has 0 N–H and O–H groups in total. The second-order valence-electron chi connectivity index (χ2n) is 4.50. The molecule has 0 saturated carbocycles. The molecule has 1 unspecified atom stereocenters. The molecule has 0 bridgehead atoms. The summed E-state index contributed by atoms with van der Waals surface area (Å²) in [5.41, 5.74) is 0.0158. The first-order valence-electron chi connectivity index (χ1n) is 5.41. The summed E-state index contributed by atoms with van der Waals surface area (Å²) in [4.78, 5) is 0. The normalized spacial score (nSPS) is 23.8. The van der Waals surface area contributed by atoms with Crippen molar-refractivity contribution in [2.75, 3.05) is 18.5 Å². The van der Waals surface area contributed by atoms with Gasteiger partial charge in [0.2, 0.25) is 0 Å². The lowest BCUT2D eigenvalue weighted by molar-refractivity contribution is -0.135. The maximum absolute atomic E-state index is 6.16. The van der Waals surface area contributed by atoms with Crippen molar-refractivity contribution in [3.05, 3.63) is 0 Å². The summed E-state index contributed by atoms with van der Waals surface area (Å²) >= 11 is 3.57. The van der Waals surface area contributed by atoms with Gasteiger partial charge < -0.3 is 9.47 Å². The lowest BCUT2D eigenvalue weighted by Gasteiger charge is -2.39. The molecule has 1 heterocycles. The zero-order chi connectivity index (χ0) is 10.6. The van der Waals surface area contributed by atoms with Crippen molar-refractivity contribution in [1.29, 1.82) is 0 Å². The fourth-order valence-corrected chi connectivity index (χ4v) is 2.25. The third-order valence-corrected chi connectivity index (χ3v) is 4.04. The molecule has 1 rings (SSSR count). The summed E-state index contributed by atoms with van der Waals surface area (Å²) < 4.78 is 11.5. The molecule has 0 amide bonds. The number of alkyl halides is 1. The predicted molar refractivity (Wildman–Crippen MR) is 62.0 cm³/mol. The maximum Gasteiger partial charge on any atom is 0.0826 e. The van der Waals surface area contributed by atoms with E-state index in [1.165, 1.54) is 0 Å². The van der Waals surface area contributed by atoms with Crippen LogP contribution in [0.4, 0.5) is 0 Å². The van der Waals surface area contributed by atoms with Gasteiger partial charge in [-0.25, -0.2) is 0 Å². The highest BCUT2D eigenvalue weighted by molar-refractivity contribution is 9.09. The van der Waals surface area contributed by atoms with E-state index in [-0.39, 0.29) is 5.60 Å². The molecule has 1 aliphatic rings. The van der Waals surface area contributed by atoms with E-state index in [0.29, 0.717) is 12.0 Å². The standard InChI is InChI=1S/C11H21BrO2/c1-9(2)10(3)14-11(8-12)4-6-13-7-5-11/h9-10H,4-8H2,1-3H3. The molecule has 0 aliphatic carbocycles. The summed E-state index contributed by atoms with van der Waals surface area (Å²) in [6.45, 7) is 8.22. The lowest BCUT2D eigenvalue weighted by atomic mass is 9.95. The van der Waals surface area contributed by atoms with E-state index in [9.17, 15) is 0 Å². The Morgan fingerprint density at radius 3 is 2.29 bits per heavy atom.